The third-order valence-electron chi connectivity index (χ3n) is 2.85. The third kappa shape index (κ3) is 4.16. The molecule has 1 N–H and O–H groups in total. The predicted octanol–water partition coefficient (Wildman–Crippen LogP) is 3.55. The molecular formula is C16H14BrNO3. The number of aryl methyl sites for hydroxylation is 1. The van der Waals surface area contributed by atoms with Gasteiger partial charge in [0.2, 0.25) is 0 Å². The molecule has 108 valence electrons. The zero-order valence-corrected chi connectivity index (χ0v) is 13.0. The van der Waals surface area contributed by atoms with Crippen molar-refractivity contribution in [2.75, 3.05) is 11.9 Å². The molecule has 0 saturated heterocycles. The minimum atomic E-state index is -0.539. The van der Waals surface area contributed by atoms with Crippen LogP contribution in [0.3, 0.4) is 0 Å². The smallest absolute Gasteiger partial charge is 0.339 e. The molecule has 0 unspecified atom stereocenters. The van der Waals surface area contributed by atoms with E-state index in [1.165, 1.54) is 0 Å². The van der Waals surface area contributed by atoms with Gasteiger partial charge in [-0.1, -0.05) is 30.3 Å². The number of amides is 1. The molecule has 2 aromatic rings. The summed E-state index contributed by atoms with van der Waals surface area (Å²) in [5.74, 6) is -0.910. The third-order valence-corrected chi connectivity index (χ3v) is 3.54. The van der Waals surface area contributed by atoms with E-state index in [0.717, 1.165) is 5.56 Å². The van der Waals surface area contributed by atoms with E-state index in [9.17, 15) is 9.59 Å². The topological polar surface area (TPSA) is 55.4 Å². The summed E-state index contributed by atoms with van der Waals surface area (Å²) in [5.41, 5.74) is 2.05. The fourth-order valence-corrected chi connectivity index (χ4v) is 2.18. The molecule has 0 fully saturated rings. The fourth-order valence-electron chi connectivity index (χ4n) is 1.74. The molecule has 0 aliphatic rings. The molecule has 0 aliphatic heterocycles. The second-order valence-corrected chi connectivity index (χ2v) is 5.27. The van der Waals surface area contributed by atoms with Gasteiger partial charge < -0.3 is 10.1 Å². The Morgan fingerprint density at radius 1 is 1.10 bits per heavy atom. The number of anilines is 1. The summed E-state index contributed by atoms with van der Waals surface area (Å²) >= 11 is 3.27. The van der Waals surface area contributed by atoms with Crippen molar-refractivity contribution < 1.29 is 14.3 Å². The van der Waals surface area contributed by atoms with Crippen LogP contribution in [0.15, 0.2) is 53.0 Å². The van der Waals surface area contributed by atoms with Gasteiger partial charge in [0.05, 0.1) is 5.56 Å². The number of hydrogen-bond donors (Lipinski definition) is 1. The Balaban J connectivity index is 1.91. The Kier molecular flexibility index (Phi) is 5.11. The number of halogens is 1. The Hall–Kier alpha value is -2.14. The summed E-state index contributed by atoms with van der Waals surface area (Å²) in [6.07, 6.45) is 0. The van der Waals surface area contributed by atoms with Crippen LogP contribution in [0.25, 0.3) is 0 Å². The first-order chi connectivity index (χ1) is 10.1. The molecule has 0 bridgehead atoms. The number of para-hydroxylation sites is 1. The van der Waals surface area contributed by atoms with Crippen molar-refractivity contribution in [1.82, 2.24) is 0 Å². The average molecular weight is 348 g/mol. The minimum absolute atomic E-state index is 0.325. The fraction of sp³-hybridized carbons (Fsp3) is 0.125. The summed E-state index contributed by atoms with van der Waals surface area (Å²) < 4.78 is 5.64. The van der Waals surface area contributed by atoms with Crippen LogP contribution in [0.5, 0.6) is 0 Å². The first-order valence-corrected chi connectivity index (χ1v) is 7.14. The highest BCUT2D eigenvalue weighted by molar-refractivity contribution is 9.10. The molecule has 1 amide bonds. The van der Waals surface area contributed by atoms with Crippen molar-refractivity contribution in [2.24, 2.45) is 0 Å². The van der Waals surface area contributed by atoms with Gasteiger partial charge in [0.1, 0.15) is 0 Å². The van der Waals surface area contributed by atoms with Crippen LogP contribution in [-0.4, -0.2) is 18.5 Å². The molecule has 0 saturated carbocycles. The van der Waals surface area contributed by atoms with E-state index in [1.54, 1.807) is 30.3 Å². The number of esters is 1. The molecule has 0 atom stereocenters. The molecule has 0 spiro atoms. The van der Waals surface area contributed by atoms with Crippen LogP contribution in [0.2, 0.25) is 0 Å². The van der Waals surface area contributed by atoms with E-state index in [1.807, 2.05) is 25.1 Å². The Morgan fingerprint density at radius 3 is 2.48 bits per heavy atom. The highest BCUT2D eigenvalue weighted by Gasteiger charge is 2.13. The van der Waals surface area contributed by atoms with Crippen LogP contribution in [-0.2, 0) is 9.53 Å². The second-order valence-electron chi connectivity index (χ2n) is 4.42. The van der Waals surface area contributed by atoms with Crippen molar-refractivity contribution in [3.63, 3.8) is 0 Å². The summed E-state index contributed by atoms with van der Waals surface area (Å²) in [7, 11) is 0. The maximum absolute atomic E-state index is 11.9. The Morgan fingerprint density at radius 2 is 1.76 bits per heavy atom. The quantitative estimate of drug-likeness (QED) is 0.860. The van der Waals surface area contributed by atoms with Crippen LogP contribution in [0, 0.1) is 6.92 Å². The van der Waals surface area contributed by atoms with Crippen molar-refractivity contribution >= 4 is 33.5 Å². The van der Waals surface area contributed by atoms with Gasteiger partial charge >= 0.3 is 5.97 Å². The van der Waals surface area contributed by atoms with Crippen molar-refractivity contribution in [3.8, 4) is 0 Å². The van der Waals surface area contributed by atoms with E-state index < -0.39 is 5.97 Å². The van der Waals surface area contributed by atoms with Crippen molar-refractivity contribution in [1.29, 1.82) is 0 Å². The van der Waals surface area contributed by atoms with E-state index in [2.05, 4.69) is 21.2 Å². The normalized spacial score (nSPS) is 10.0. The predicted molar refractivity (Wildman–Crippen MR) is 84.2 cm³/mol. The standard InChI is InChI=1S/C16H14BrNO3/c1-11-6-2-5-9-14(11)18-15(19)10-21-16(20)12-7-3-4-8-13(12)17/h2-9H,10H2,1H3,(H,18,19). The van der Waals surface area contributed by atoms with Gasteiger partial charge in [-0.2, -0.15) is 0 Å². The van der Waals surface area contributed by atoms with Gasteiger partial charge in [0.25, 0.3) is 5.91 Å². The van der Waals surface area contributed by atoms with Gasteiger partial charge in [0, 0.05) is 10.2 Å². The second kappa shape index (κ2) is 7.04. The molecule has 0 aromatic heterocycles. The lowest BCUT2D eigenvalue weighted by molar-refractivity contribution is -0.119. The van der Waals surface area contributed by atoms with Crippen molar-refractivity contribution in [3.05, 3.63) is 64.1 Å². The monoisotopic (exact) mass is 347 g/mol. The lowest BCUT2D eigenvalue weighted by Crippen LogP contribution is -2.21. The Bertz CT molecular complexity index is 670. The number of carbonyl (C=O) groups is 2. The number of benzene rings is 2. The minimum Gasteiger partial charge on any atom is -0.452 e. The van der Waals surface area contributed by atoms with E-state index in [0.29, 0.717) is 15.7 Å². The summed E-state index contributed by atoms with van der Waals surface area (Å²) in [6.45, 7) is 1.57. The molecule has 0 radical (unpaired) electrons. The van der Waals surface area contributed by atoms with Gasteiger partial charge in [-0.15, -0.1) is 0 Å². The van der Waals surface area contributed by atoms with E-state index >= 15 is 0 Å². The van der Waals surface area contributed by atoms with Gasteiger partial charge in [-0.05, 0) is 46.6 Å². The number of rotatable bonds is 4. The molecule has 4 nitrogen and oxygen atoms in total. The molecular weight excluding hydrogens is 334 g/mol. The van der Waals surface area contributed by atoms with Crippen LogP contribution < -0.4 is 5.32 Å². The molecule has 2 rings (SSSR count). The zero-order chi connectivity index (χ0) is 15.2. The molecule has 5 heteroatoms. The Labute approximate surface area is 131 Å². The number of hydrogen-bond acceptors (Lipinski definition) is 3. The van der Waals surface area contributed by atoms with Gasteiger partial charge in [0.15, 0.2) is 6.61 Å². The van der Waals surface area contributed by atoms with Crippen LogP contribution in [0.4, 0.5) is 5.69 Å². The largest absolute Gasteiger partial charge is 0.452 e. The first-order valence-electron chi connectivity index (χ1n) is 6.35. The average Bonchev–Trinajstić information content (AvgIpc) is 2.48. The van der Waals surface area contributed by atoms with Crippen molar-refractivity contribution in [2.45, 2.75) is 6.92 Å². The number of ether oxygens (including phenoxy) is 1. The van der Waals surface area contributed by atoms with Crippen LogP contribution in [0.1, 0.15) is 15.9 Å². The van der Waals surface area contributed by atoms with Gasteiger partial charge in [-0.25, -0.2) is 4.79 Å². The highest BCUT2D eigenvalue weighted by atomic mass is 79.9. The first kappa shape index (κ1) is 15.3. The number of nitrogens with one attached hydrogen (secondary N) is 1. The maximum atomic E-state index is 11.9. The lowest BCUT2D eigenvalue weighted by atomic mass is 10.2. The summed E-state index contributed by atoms with van der Waals surface area (Å²) in [4.78, 5) is 23.6. The molecule has 0 aliphatic carbocycles. The van der Waals surface area contributed by atoms with E-state index in [-0.39, 0.29) is 12.5 Å². The van der Waals surface area contributed by atoms with E-state index in [4.69, 9.17) is 4.74 Å². The molecule has 2 aromatic carbocycles. The molecule has 0 heterocycles. The highest BCUT2D eigenvalue weighted by Crippen LogP contribution is 2.17. The van der Waals surface area contributed by atoms with Crippen LogP contribution >= 0.6 is 15.9 Å². The summed E-state index contributed by atoms with van der Waals surface area (Å²) in [6, 6.07) is 14.3. The molecule has 21 heavy (non-hydrogen) atoms. The SMILES string of the molecule is Cc1ccccc1NC(=O)COC(=O)c1ccccc1Br. The zero-order valence-electron chi connectivity index (χ0n) is 11.4. The summed E-state index contributed by atoms with van der Waals surface area (Å²) in [5, 5.41) is 2.70. The maximum Gasteiger partial charge on any atom is 0.339 e. The lowest BCUT2D eigenvalue weighted by Gasteiger charge is -2.09. The number of carbonyl (C=O) groups excluding carboxylic acids is 2. The van der Waals surface area contributed by atoms with Gasteiger partial charge in [-0.3, -0.25) is 4.79 Å².